The zero-order valence-electron chi connectivity index (χ0n) is 12.2. The normalized spacial score (nSPS) is 13.4. The number of carbonyl (C=O) groups is 1. The number of carbonyl (C=O) groups excluding carboxylic acids is 1. The third-order valence-corrected chi connectivity index (χ3v) is 5.26. The summed E-state index contributed by atoms with van der Waals surface area (Å²) in [6.07, 6.45) is 1.50. The second-order valence-electron chi connectivity index (χ2n) is 4.93. The van der Waals surface area contributed by atoms with Gasteiger partial charge >= 0.3 is 6.03 Å². The first-order valence-corrected chi connectivity index (χ1v) is 8.79. The quantitative estimate of drug-likeness (QED) is 0.641. The Bertz CT molecular complexity index is 687. The fourth-order valence-electron chi connectivity index (χ4n) is 2.17. The maximum Gasteiger partial charge on any atom is 0.315 e. The second-order valence-corrected chi connectivity index (χ2v) is 6.91. The Morgan fingerprint density at radius 2 is 1.96 bits per heavy atom. The van der Waals surface area contributed by atoms with E-state index in [9.17, 15) is 9.90 Å². The van der Waals surface area contributed by atoms with E-state index in [2.05, 4.69) is 10.6 Å². The van der Waals surface area contributed by atoms with Gasteiger partial charge < -0.3 is 20.2 Å². The maximum atomic E-state index is 12.0. The van der Waals surface area contributed by atoms with Crippen LogP contribution in [0.5, 0.6) is 0 Å². The van der Waals surface area contributed by atoms with E-state index in [1.54, 1.807) is 23.5 Å². The van der Waals surface area contributed by atoms with E-state index in [4.69, 9.17) is 4.42 Å². The molecular formula is C16H16N2O3S2. The largest absolute Gasteiger partial charge is 0.466 e. The highest BCUT2D eigenvalue weighted by Gasteiger charge is 2.36. The van der Waals surface area contributed by atoms with Crippen molar-refractivity contribution in [2.75, 3.05) is 6.54 Å². The lowest BCUT2D eigenvalue weighted by Gasteiger charge is -2.25. The molecule has 1 atom stereocenters. The predicted octanol–water partition coefficient (Wildman–Crippen LogP) is 3.14. The number of hydrogen-bond acceptors (Lipinski definition) is 5. The summed E-state index contributed by atoms with van der Waals surface area (Å²) < 4.78 is 5.36. The molecule has 0 aliphatic heterocycles. The summed E-state index contributed by atoms with van der Waals surface area (Å²) in [6, 6.07) is 10.6. The molecule has 3 aromatic rings. The lowest BCUT2D eigenvalue weighted by Crippen LogP contribution is -2.44. The first kappa shape index (κ1) is 15.8. The van der Waals surface area contributed by atoms with Gasteiger partial charge in [0.1, 0.15) is 5.76 Å². The molecule has 0 saturated carbocycles. The van der Waals surface area contributed by atoms with Gasteiger partial charge in [-0.3, -0.25) is 0 Å². The molecule has 0 aliphatic rings. The number of thiophene rings is 2. The van der Waals surface area contributed by atoms with Gasteiger partial charge in [-0.2, -0.15) is 0 Å². The molecule has 3 rings (SSSR count). The van der Waals surface area contributed by atoms with E-state index in [1.165, 1.54) is 17.6 Å². The Labute approximate surface area is 141 Å². The molecule has 0 saturated heterocycles. The van der Waals surface area contributed by atoms with Gasteiger partial charge in [0.25, 0.3) is 0 Å². The molecule has 3 aromatic heterocycles. The standard InChI is InChI=1S/C16H16N2O3S2/c19-15(17-10-12-4-2-8-22-12)18-11-16(20,13-5-1-7-21-13)14-6-3-9-23-14/h1-9,20H,10-11H2,(H2,17,18,19). The predicted molar refractivity (Wildman–Crippen MR) is 90.6 cm³/mol. The van der Waals surface area contributed by atoms with Gasteiger partial charge in [-0.05, 0) is 35.0 Å². The summed E-state index contributed by atoms with van der Waals surface area (Å²) in [6.45, 7) is 0.485. The van der Waals surface area contributed by atoms with Crippen molar-refractivity contribution >= 4 is 28.7 Å². The van der Waals surface area contributed by atoms with Crippen LogP contribution in [-0.4, -0.2) is 17.7 Å². The monoisotopic (exact) mass is 348 g/mol. The van der Waals surface area contributed by atoms with Crippen LogP contribution in [0, 0.1) is 0 Å². The van der Waals surface area contributed by atoms with Crippen LogP contribution >= 0.6 is 22.7 Å². The number of nitrogens with one attached hydrogen (secondary N) is 2. The molecule has 120 valence electrons. The molecule has 23 heavy (non-hydrogen) atoms. The zero-order valence-corrected chi connectivity index (χ0v) is 13.8. The minimum absolute atomic E-state index is 0.0251. The van der Waals surface area contributed by atoms with E-state index < -0.39 is 5.60 Å². The van der Waals surface area contributed by atoms with Crippen LogP contribution in [0.3, 0.4) is 0 Å². The van der Waals surface area contributed by atoms with Crippen molar-refractivity contribution in [3.63, 3.8) is 0 Å². The molecule has 1 unspecified atom stereocenters. The highest BCUT2D eigenvalue weighted by Crippen LogP contribution is 2.32. The Kier molecular flexibility index (Phi) is 4.80. The minimum atomic E-state index is -1.38. The van der Waals surface area contributed by atoms with Crippen LogP contribution < -0.4 is 10.6 Å². The average Bonchev–Trinajstić information content (AvgIpc) is 3.33. The highest BCUT2D eigenvalue weighted by atomic mass is 32.1. The van der Waals surface area contributed by atoms with Gasteiger partial charge in [0.15, 0.2) is 5.60 Å². The summed E-state index contributed by atoms with van der Waals surface area (Å²) in [4.78, 5) is 13.8. The summed E-state index contributed by atoms with van der Waals surface area (Å²) in [7, 11) is 0. The SMILES string of the molecule is O=C(NCc1cccs1)NCC(O)(c1ccco1)c1cccs1. The number of urea groups is 1. The Morgan fingerprint density at radius 3 is 2.61 bits per heavy atom. The molecule has 0 radical (unpaired) electrons. The summed E-state index contributed by atoms with van der Waals surface area (Å²) >= 11 is 2.99. The average molecular weight is 348 g/mol. The first-order chi connectivity index (χ1) is 11.2. The fourth-order valence-corrected chi connectivity index (χ4v) is 3.65. The van der Waals surface area contributed by atoms with Crippen molar-refractivity contribution in [2.24, 2.45) is 0 Å². The van der Waals surface area contributed by atoms with Gasteiger partial charge in [0, 0.05) is 9.75 Å². The van der Waals surface area contributed by atoms with Gasteiger partial charge in [0.2, 0.25) is 0 Å². The number of furan rings is 1. The van der Waals surface area contributed by atoms with E-state index in [-0.39, 0.29) is 12.6 Å². The molecule has 0 spiro atoms. The van der Waals surface area contributed by atoms with E-state index >= 15 is 0 Å². The molecule has 0 fully saturated rings. The molecule has 5 nitrogen and oxygen atoms in total. The molecular weight excluding hydrogens is 332 g/mol. The topological polar surface area (TPSA) is 74.5 Å². The fraction of sp³-hybridized carbons (Fsp3) is 0.188. The smallest absolute Gasteiger partial charge is 0.315 e. The Hall–Kier alpha value is -2.09. The third kappa shape index (κ3) is 3.64. The van der Waals surface area contributed by atoms with Gasteiger partial charge in [-0.15, -0.1) is 22.7 Å². The Balaban J connectivity index is 1.64. The lowest BCUT2D eigenvalue weighted by atomic mass is 9.99. The molecule has 3 N–H and O–H groups in total. The van der Waals surface area contributed by atoms with E-state index in [0.717, 1.165) is 4.88 Å². The third-order valence-electron chi connectivity index (χ3n) is 3.37. The molecule has 3 heterocycles. The van der Waals surface area contributed by atoms with Crippen molar-refractivity contribution in [1.29, 1.82) is 0 Å². The van der Waals surface area contributed by atoms with Crippen LogP contribution in [0.1, 0.15) is 15.5 Å². The van der Waals surface area contributed by atoms with Gasteiger partial charge in [-0.25, -0.2) is 4.79 Å². The molecule has 2 amide bonds. The van der Waals surface area contributed by atoms with Crippen LogP contribution in [0.2, 0.25) is 0 Å². The van der Waals surface area contributed by atoms with Crippen molar-refractivity contribution in [3.05, 3.63) is 68.9 Å². The number of amides is 2. The number of aliphatic hydroxyl groups is 1. The highest BCUT2D eigenvalue weighted by molar-refractivity contribution is 7.10. The number of rotatable bonds is 6. The van der Waals surface area contributed by atoms with E-state index in [0.29, 0.717) is 17.2 Å². The summed E-state index contributed by atoms with van der Waals surface area (Å²) in [5, 5.41) is 20.3. The van der Waals surface area contributed by atoms with Crippen molar-refractivity contribution < 1.29 is 14.3 Å². The van der Waals surface area contributed by atoms with Crippen LogP contribution in [0.25, 0.3) is 0 Å². The van der Waals surface area contributed by atoms with Crippen molar-refractivity contribution in [2.45, 2.75) is 12.1 Å². The van der Waals surface area contributed by atoms with Crippen molar-refractivity contribution in [3.8, 4) is 0 Å². The van der Waals surface area contributed by atoms with Crippen LogP contribution in [0.4, 0.5) is 4.79 Å². The molecule has 0 aromatic carbocycles. The molecule has 7 heteroatoms. The first-order valence-electron chi connectivity index (χ1n) is 7.03. The minimum Gasteiger partial charge on any atom is -0.466 e. The van der Waals surface area contributed by atoms with Crippen molar-refractivity contribution in [1.82, 2.24) is 10.6 Å². The van der Waals surface area contributed by atoms with Gasteiger partial charge in [0.05, 0.1) is 19.4 Å². The maximum absolute atomic E-state index is 12.0. The molecule has 0 bridgehead atoms. The van der Waals surface area contributed by atoms with Gasteiger partial charge in [-0.1, -0.05) is 12.1 Å². The summed E-state index contributed by atoms with van der Waals surface area (Å²) in [5.74, 6) is 0.401. The zero-order chi connectivity index (χ0) is 16.1. The Morgan fingerprint density at radius 1 is 1.13 bits per heavy atom. The van der Waals surface area contributed by atoms with E-state index in [1.807, 2.05) is 35.0 Å². The number of hydrogen-bond donors (Lipinski definition) is 3. The molecule has 0 aliphatic carbocycles. The van der Waals surface area contributed by atoms with Crippen LogP contribution in [0.15, 0.2) is 57.8 Å². The second kappa shape index (κ2) is 6.99. The summed E-state index contributed by atoms with van der Waals surface area (Å²) in [5.41, 5.74) is -1.38. The lowest BCUT2D eigenvalue weighted by molar-refractivity contribution is 0.0623. The van der Waals surface area contributed by atoms with Crippen LogP contribution in [-0.2, 0) is 12.1 Å².